The summed E-state index contributed by atoms with van der Waals surface area (Å²) in [4.78, 5) is 37.8. The van der Waals surface area contributed by atoms with Gasteiger partial charge in [0.05, 0.1) is 0 Å². The maximum Gasteiger partial charge on any atom is 0.255 e. The number of anilines is 1. The minimum absolute atomic E-state index is 0.200. The lowest BCUT2D eigenvalue weighted by atomic mass is 10.0. The molecule has 0 bridgehead atoms. The van der Waals surface area contributed by atoms with E-state index in [1.807, 2.05) is 31.2 Å². The molecule has 1 atom stereocenters. The van der Waals surface area contributed by atoms with E-state index < -0.39 is 18.6 Å². The lowest BCUT2D eigenvalue weighted by Gasteiger charge is -2.29. The van der Waals surface area contributed by atoms with Gasteiger partial charge in [-0.2, -0.15) is 0 Å². The predicted octanol–water partition coefficient (Wildman–Crippen LogP) is 2.71. The lowest BCUT2D eigenvalue weighted by molar-refractivity contribution is -0.136. The molecule has 0 aliphatic carbocycles. The van der Waals surface area contributed by atoms with Gasteiger partial charge in [0, 0.05) is 30.8 Å². The van der Waals surface area contributed by atoms with Crippen molar-refractivity contribution in [3.05, 3.63) is 64.2 Å². The zero-order valence-electron chi connectivity index (χ0n) is 17.5. The smallest absolute Gasteiger partial charge is 0.255 e. The van der Waals surface area contributed by atoms with Gasteiger partial charge in [-0.15, -0.1) is 0 Å². The van der Waals surface area contributed by atoms with E-state index in [2.05, 4.69) is 16.0 Å². The Morgan fingerprint density at radius 3 is 2.78 bits per heavy atom. The Bertz CT molecular complexity index is 1120. The first kappa shape index (κ1) is 21.9. The quantitative estimate of drug-likeness (QED) is 0.476. The number of alkyl halides is 1. The van der Waals surface area contributed by atoms with Crippen LogP contribution in [0.25, 0.3) is 0 Å². The van der Waals surface area contributed by atoms with Crippen LogP contribution < -0.4 is 16.0 Å². The number of carbonyl (C=O) groups excluding carboxylic acids is 3. The summed E-state index contributed by atoms with van der Waals surface area (Å²) in [5.74, 6) is -0.929. The molecule has 32 heavy (non-hydrogen) atoms. The highest BCUT2D eigenvalue weighted by molar-refractivity contribution is 7.80. The molecular weight excluding hydrogens is 431 g/mol. The molecule has 0 saturated carbocycles. The van der Waals surface area contributed by atoms with Crippen molar-refractivity contribution in [3.63, 3.8) is 0 Å². The number of piperidine rings is 1. The molecule has 0 radical (unpaired) electrons. The predicted molar refractivity (Wildman–Crippen MR) is 122 cm³/mol. The molecule has 1 fully saturated rings. The molecule has 2 heterocycles. The summed E-state index contributed by atoms with van der Waals surface area (Å²) >= 11 is 5.34. The Hall–Kier alpha value is -3.33. The van der Waals surface area contributed by atoms with Gasteiger partial charge in [0.1, 0.15) is 12.7 Å². The van der Waals surface area contributed by atoms with Crippen LogP contribution in [-0.2, 0) is 29.4 Å². The number of hydrogen-bond donors (Lipinski definition) is 3. The number of imide groups is 1. The van der Waals surface area contributed by atoms with Gasteiger partial charge >= 0.3 is 0 Å². The van der Waals surface area contributed by atoms with Gasteiger partial charge in [-0.3, -0.25) is 19.7 Å². The number of thiocarbonyl (C=S) groups is 1. The average molecular weight is 455 g/mol. The average Bonchev–Trinajstić information content (AvgIpc) is 3.09. The Labute approximate surface area is 190 Å². The Balaban J connectivity index is 1.37. The van der Waals surface area contributed by atoms with Crippen LogP contribution in [0, 0.1) is 6.92 Å². The molecule has 1 unspecified atom stereocenters. The van der Waals surface area contributed by atoms with E-state index in [0.717, 1.165) is 16.7 Å². The number of hydrogen-bond acceptors (Lipinski definition) is 4. The largest absolute Gasteiger partial charge is 0.358 e. The number of carbonyl (C=O) groups is 3. The van der Waals surface area contributed by atoms with Crippen molar-refractivity contribution >= 4 is 40.7 Å². The highest BCUT2D eigenvalue weighted by Crippen LogP contribution is 2.28. The zero-order valence-corrected chi connectivity index (χ0v) is 18.4. The summed E-state index contributed by atoms with van der Waals surface area (Å²) in [6.45, 7) is 2.08. The molecule has 3 N–H and O–H groups in total. The first-order valence-electron chi connectivity index (χ1n) is 10.3. The monoisotopic (exact) mass is 454 g/mol. The standard InChI is InChI=1S/C23H23FN4O3S/c1-13-2-4-17(9-15(13)10-24)26-23(32)25-11-14-3-5-18-16(8-14)12-28(22(18)31)19-6-7-20(29)27-21(19)30/h2-5,8-9,19H,6-7,10-12H2,1H3,(H2,25,26,32)(H,27,29,30). The third-order valence-corrected chi connectivity index (χ3v) is 6.04. The van der Waals surface area contributed by atoms with Crippen molar-refractivity contribution in [3.8, 4) is 0 Å². The second kappa shape index (κ2) is 9.04. The van der Waals surface area contributed by atoms with Gasteiger partial charge in [-0.1, -0.05) is 18.2 Å². The van der Waals surface area contributed by atoms with E-state index in [-0.39, 0.29) is 18.2 Å². The molecule has 4 rings (SSSR count). The van der Waals surface area contributed by atoms with E-state index in [9.17, 15) is 18.8 Å². The summed E-state index contributed by atoms with van der Waals surface area (Å²) in [7, 11) is 0. The topological polar surface area (TPSA) is 90.5 Å². The first-order valence-corrected chi connectivity index (χ1v) is 10.7. The number of fused-ring (bicyclic) bond motifs is 1. The van der Waals surface area contributed by atoms with Crippen LogP contribution in [0.2, 0.25) is 0 Å². The third-order valence-electron chi connectivity index (χ3n) is 5.79. The molecular formula is C23H23FN4O3S. The third kappa shape index (κ3) is 4.47. The molecule has 9 heteroatoms. The number of nitrogens with zero attached hydrogens (tertiary/aromatic N) is 1. The summed E-state index contributed by atoms with van der Waals surface area (Å²) in [6.07, 6.45) is 0.561. The maximum atomic E-state index is 13.1. The zero-order chi connectivity index (χ0) is 22.8. The summed E-state index contributed by atoms with van der Waals surface area (Å²) in [5, 5.41) is 8.87. The van der Waals surface area contributed by atoms with Gasteiger partial charge in [0.15, 0.2) is 5.11 Å². The van der Waals surface area contributed by atoms with E-state index in [4.69, 9.17) is 12.2 Å². The molecule has 0 aromatic heterocycles. The van der Waals surface area contributed by atoms with E-state index in [1.54, 1.807) is 12.1 Å². The second-order valence-corrected chi connectivity index (χ2v) is 8.38. The summed E-state index contributed by atoms with van der Waals surface area (Å²) < 4.78 is 13.1. The number of benzene rings is 2. The van der Waals surface area contributed by atoms with Crippen molar-refractivity contribution in [2.75, 3.05) is 5.32 Å². The van der Waals surface area contributed by atoms with Crippen molar-refractivity contribution in [1.82, 2.24) is 15.5 Å². The van der Waals surface area contributed by atoms with Crippen molar-refractivity contribution < 1.29 is 18.8 Å². The van der Waals surface area contributed by atoms with Crippen molar-refractivity contribution in [2.45, 2.75) is 45.6 Å². The van der Waals surface area contributed by atoms with Crippen LogP contribution in [0.1, 0.15) is 45.5 Å². The van der Waals surface area contributed by atoms with Gasteiger partial charge in [0.25, 0.3) is 5.91 Å². The molecule has 2 aliphatic heterocycles. The number of rotatable bonds is 5. The van der Waals surface area contributed by atoms with Crippen LogP contribution in [0.3, 0.4) is 0 Å². The van der Waals surface area contributed by atoms with Crippen molar-refractivity contribution in [1.29, 1.82) is 0 Å². The SMILES string of the molecule is Cc1ccc(NC(=S)NCc2ccc3c(c2)CN(C2CCC(=O)NC2=O)C3=O)cc1CF. The van der Waals surface area contributed by atoms with E-state index in [0.29, 0.717) is 41.4 Å². The Morgan fingerprint density at radius 2 is 2.03 bits per heavy atom. The number of amides is 3. The molecule has 0 spiro atoms. The van der Waals surface area contributed by atoms with Gasteiger partial charge in [-0.05, 0) is 66.0 Å². The van der Waals surface area contributed by atoms with Gasteiger partial charge in [-0.25, -0.2) is 4.39 Å². The minimum atomic E-state index is -0.630. The van der Waals surface area contributed by atoms with Crippen LogP contribution in [-0.4, -0.2) is 33.8 Å². The minimum Gasteiger partial charge on any atom is -0.358 e. The number of nitrogens with one attached hydrogen (secondary N) is 3. The maximum absolute atomic E-state index is 13.1. The van der Waals surface area contributed by atoms with Crippen LogP contribution in [0.4, 0.5) is 10.1 Å². The van der Waals surface area contributed by atoms with Crippen molar-refractivity contribution in [2.24, 2.45) is 0 Å². The molecule has 2 aromatic rings. The second-order valence-electron chi connectivity index (χ2n) is 7.97. The van der Waals surface area contributed by atoms with Gasteiger partial charge in [0.2, 0.25) is 11.8 Å². The highest BCUT2D eigenvalue weighted by Gasteiger charge is 2.39. The fraction of sp³-hybridized carbons (Fsp3) is 0.304. The fourth-order valence-electron chi connectivity index (χ4n) is 3.99. The van der Waals surface area contributed by atoms with Gasteiger partial charge < -0.3 is 15.5 Å². The van der Waals surface area contributed by atoms with Crippen LogP contribution in [0.5, 0.6) is 0 Å². The molecule has 7 nitrogen and oxygen atoms in total. The fourth-order valence-corrected chi connectivity index (χ4v) is 4.18. The van der Waals surface area contributed by atoms with Crippen LogP contribution >= 0.6 is 12.2 Å². The van der Waals surface area contributed by atoms with E-state index in [1.165, 1.54) is 4.90 Å². The first-order chi connectivity index (χ1) is 15.4. The molecule has 3 amide bonds. The molecule has 2 aliphatic rings. The lowest BCUT2D eigenvalue weighted by Crippen LogP contribution is -2.52. The molecule has 166 valence electrons. The Morgan fingerprint density at radius 1 is 1.22 bits per heavy atom. The number of halogens is 1. The molecule has 1 saturated heterocycles. The number of aryl methyl sites for hydroxylation is 1. The highest BCUT2D eigenvalue weighted by atomic mass is 32.1. The normalized spacial score (nSPS) is 17.8. The Kier molecular flexibility index (Phi) is 6.18. The summed E-state index contributed by atoms with van der Waals surface area (Å²) in [5.41, 5.74) is 4.54. The van der Waals surface area contributed by atoms with E-state index >= 15 is 0 Å². The molecule has 2 aromatic carbocycles. The summed E-state index contributed by atoms with van der Waals surface area (Å²) in [6, 6.07) is 10.3. The van der Waals surface area contributed by atoms with Crippen LogP contribution in [0.15, 0.2) is 36.4 Å².